The molecule has 1 atom stereocenters. The van der Waals surface area contributed by atoms with Gasteiger partial charge >= 0.3 is 0 Å². The number of benzene rings is 2. The summed E-state index contributed by atoms with van der Waals surface area (Å²) < 4.78 is 6.94. The fraction of sp³-hybridized carbons (Fsp3) is 0.150. The molecule has 0 spiro atoms. The second-order valence-electron chi connectivity index (χ2n) is 6.14. The highest BCUT2D eigenvalue weighted by Gasteiger charge is 2.25. The van der Waals surface area contributed by atoms with Gasteiger partial charge in [-0.15, -0.1) is 0 Å². The quantitative estimate of drug-likeness (QED) is 0.750. The summed E-state index contributed by atoms with van der Waals surface area (Å²) in [5.74, 6) is 1.63. The Morgan fingerprint density at radius 1 is 1.11 bits per heavy atom. The number of para-hydroxylation sites is 2. The van der Waals surface area contributed by atoms with Crippen LogP contribution in [0.5, 0.6) is 5.75 Å². The van der Waals surface area contributed by atoms with E-state index in [4.69, 9.17) is 9.73 Å². The number of anilines is 2. The van der Waals surface area contributed by atoms with Crippen LogP contribution < -0.4 is 20.9 Å². The molecule has 0 amide bonds. The molecule has 0 bridgehead atoms. The second-order valence-corrected chi connectivity index (χ2v) is 6.14. The molecule has 7 heteroatoms. The van der Waals surface area contributed by atoms with E-state index in [-0.39, 0.29) is 5.56 Å². The molecule has 0 aliphatic carbocycles. The number of hydrogen-bond donors (Lipinski definition) is 2. The number of guanidine groups is 1. The molecule has 1 aliphatic rings. The topological polar surface area (TPSA) is 80.5 Å². The minimum Gasteiger partial charge on any atom is -0.495 e. The van der Waals surface area contributed by atoms with E-state index < -0.39 is 6.17 Å². The van der Waals surface area contributed by atoms with Crippen molar-refractivity contribution < 1.29 is 4.74 Å². The van der Waals surface area contributed by atoms with Crippen LogP contribution >= 0.6 is 0 Å². The average molecular weight is 361 g/mol. The minimum atomic E-state index is -0.514. The van der Waals surface area contributed by atoms with Crippen molar-refractivity contribution in [3.63, 3.8) is 0 Å². The molecular formula is C20H19N5O2. The van der Waals surface area contributed by atoms with Gasteiger partial charge in [0, 0.05) is 11.8 Å². The molecular weight excluding hydrogens is 342 g/mol. The summed E-state index contributed by atoms with van der Waals surface area (Å²) in [6.45, 7) is 1.79. The summed E-state index contributed by atoms with van der Waals surface area (Å²) in [5, 5.41) is 6.35. The zero-order chi connectivity index (χ0) is 18.8. The fourth-order valence-electron chi connectivity index (χ4n) is 3.04. The molecule has 4 rings (SSSR count). The molecule has 2 heterocycles. The lowest BCUT2D eigenvalue weighted by Gasteiger charge is -2.27. The second kappa shape index (κ2) is 6.95. The zero-order valence-corrected chi connectivity index (χ0v) is 15.0. The van der Waals surface area contributed by atoms with E-state index >= 15 is 0 Å². The predicted molar refractivity (Wildman–Crippen MR) is 105 cm³/mol. The van der Waals surface area contributed by atoms with Crippen molar-refractivity contribution in [2.24, 2.45) is 4.99 Å². The highest BCUT2D eigenvalue weighted by atomic mass is 16.5. The standard InChI is InChI=1S/C20H19N5O2/c1-13-12-17(26)25-18(14-8-4-3-5-9-14)23-19(24-20(25)21-13)22-15-10-6-7-11-16(15)27-2/h3-12,18H,1-2H3,(H2,21,22,23,24)/t18-/m0/s1. The Morgan fingerprint density at radius 2 is 1.85 bits per heavy atom. The minimum absolute atomic E-state index is 0.154. The molecule has 2 aromatic carbocycles. The van der Waals surface area contributed by atoms with E-state index in [1.807, 2.05) is 54.6 Å². The predicted octanol–water partition coefficient (Wildman–Crippen LogP) is 3.00. The van der Waals surface area contributed by atoms with Crippen LogP contribution in [0.25, 0.3) is 0 Å². The van der Waals surface area contributed by atoms with Gasteiger partial charge in [-0.05, 0) is 24.6 Å². The van der Waals surface area contributed by atoms with Gasteiger partial charge in [-0.3, -0.25) is 14.7 Å². The summed E-state index contributed by atoms with van der Waals surface area (Å²) in [6, 6.07) is 18.7. The maximum atomic E-state index is 12.6. The van der Waals surface area contributed by atoms with Crippen molar-refractivity contribution >= 4 is 17.6 Å². The maximum Gasteiger partial charge on any atom is 0.257 e. The molecule has 0 saturated heterocycles. The van der Waals surface area contributed by atoms with Gasteiger partial charge in [0.05, 0.1) is 12.8 Å². The van der Waals surface area contributed by atoms with Crippen LogP contribution in [0.15, 0.2) is 70.5 Å². The molecule has 2 N–H and O–H groups in total. The molecule has 136 valence electrons. The molecule has 27 heavy (non-hydrogen) atoms. The monoisotopic (exact) mass is 361 g/mol. The van der Waals surface area contributed by atoms with Gasteiger partial charge in [0.2, 0.25) is 11.9 Å². The molecule has 1 aromatic heterocycles. The van der Waals surface area contributed by atoms with Crippen molar-refractivity contribution in [1.82, 2.24) is 9.55 Å². The van der Waals surface area contributed by atoms with E-state index in [2.05, 4.69) is 15.6 Å². The van der Waals surface area contributed by atoms with Gasteiger partial charge in [-0.25, -0.2) is 9.98 Å². The number of nitrogens with one attached hydrogen (secondary N) is 2. The number of aromatic nitrogens is 2. The Labute approximate surface area is 156 Å². The highest BCUT2D eigenvalue weighted by molar-refractivity contribution is 6.04. The molecule has 3 aromatic rings. The zero-order valence-electron chi connectivity index (χ0n) is 15.0. The summed E-state index contributed by atoms with van der Waals surface area (Å²) in [4.78, 5) is 21.8. The molecule has 1 aliphatic heterocycles. The first kappa shape index (κ1) is 16.8. The molecule has 7 nitrogen and oxygen atoms in total. The number of rotatable bonds is 3. The normalized spacial score (nSPS) is 15.3. The Bertz CT molecular complexity index is 1060. The molecule has 0 unspecified atom stereocenters. The van der Waals surface area contributed by atoms with Crippen LogP contribution in [0.1, 0.15) is 17.4 Å². The van der Waals surface area contributed by atoms with Crippen molar-refractivity contribution in [2.45, 2.75) is 13.1 Å². The van der Waals surface area contributed by atoms with E-state index in [0.717, 1.165) is 11.3 Å². The van der Waals surface area contributed by atoms with Crippen LogP contribution in [-0.4, -0.2) is 22.6 Å². The number of aryl methyl sites for hydroxylation is 1. The van der Waals surface area contributed by atoms with Crippen LogP contribution in [0.3, 0.4) is 0 Å². The molecule has 0 fully saturated rings. The summed E-state index contributed by atoms with van der Waals surface area (Å²) in [6.07, 6.45) is -0.514. The molecule has 0 saturated carbocycles. The van der Waals surface area contributed by atoms with Gasteiger partial charge in [0.1, 0.15) is 5.75 Å². The lowest BCUT2D eigenvalue weighted by atomic mass is 10.1. The van der Waals surface area contributed by atoms with E-state index in [1.165, 1.54) is 6.07 Å². The van der Waals surface area contributed by atoms with Gasteiger partial charge in [0.25, 0.3) is 5.56 Å². The van der Waals surface area contributed by atoms with Gasteiger partial charge in [0.15, 0.2) is 6.17 Å². The highest BCUT2D eigenvalue weighted by Crippen LogP contribution is 2.28. The fourth-order valence-corrected chi connectivity index (χ4v) is 3.04. The van der Waals surface area contributed by atoms with Crippen LogP contribution in [0, 0.1) is 6.92 Å². The van der Waals surface area contributed by atoms with Gasteiger partial charge < -0.3 is 10.1 Å². The Hall–Kier alpha value is -3.61. The van der Waals surface area contributed by atoms with Crippen LogP contribution in [0.2, 0.25) is 0 Å². The summed E-state index contributed by atoms with van der Waals surface area (Å²) in [5.41, 5.74) is 2.15. The SMILES string of the molecule is COc1ccccc1NC1=N[C@H](c2ccccc2)n2c(nc(C)cc2=O)N1. The summed E-state index contributed by atoms with van der Waals surface area (Å²) >= 11 is 0. The van der Waals surface area contributed by atoms with Crippen molar-refractivity contribution in [2.75, 3.05) is 17.7 Å². The van der Waals surface area contributed by atoms with E-state index in [1.54, 1.807) is 18.6 Å². The van der Waals surface area contributed by atoms with Gasteiger partial charge in [-0.2, -0.15) is 0 Å². The first-order valence-electron chi connectivity index (χ1n) is 8.55. The first-order valence-corrected chi connectivity index (χ1v) is 8.55. The number of fused-ring (bicyclic) bond motifs is 1. The van der Waals surface area contributed by atoms with Gasteiger partial charge in [-0.1, -0.05) is 42.5 Å². The van der Waals surface area contributed by atoms with Crippen LogP contribution in [0.4, 0.5) is 11.6 Å². The largest absolute Gasteiger partial charge is 0.495 e. The van der Waals surface area contributed by atoms with Crippen molar-refractivity contribution in [1.29, 1.82) is 0 Å². The number of methoxy groups -OCH3 is 1. The average Bonchev–Trinajstić information content (AvgIpc) is 2.68. The Balaban J connectivity index is 1.80. The Kier molecular flexibility index (Phi) is 4.33. The number of hydrogen-bond acceptors (Lipinski definition) is 6. The Morgan fingerprint density at radius 3 is 2.63 bits per heavy atom. The number of aliphatic imine (C=N–C) groups is 1. The van der Waals surface area contributed by atoms with Crippen LogP contribution in [-0.2, 0) is 0 Å². The lowest BCUT2D eigenvalue weighted by Crippen LogP contribution is -2.37. The summed E-state index contributed by atoms with van der Waals surface area (Å²) in [7, 11) is 1.61. The lowest BCUT2D eigenvalue weighted by molar-refractivity contribution is 0.417. The first-order chi connectivity index (χ1) is 13.2. The smallest absolute Gasteiger partial charge is 0.257 e. The van der Waals surface area contributed by atoms with Crippen molar-refractivity contribution in [3.05, 3.63) is 82.3 Å². The number of nitrogens with zero attached hydrogens (tertiary/aromatic N) is 3. The third-order valence-electron chi connectivity index (χ3n) is 4.26. The third kappa shape index (κ3) is 3.27. The molecule has 0 radical (unpaired) electrons. The number of ether oxygens (including phenoxy) is 1. The third-order valence-corrected chi connectivity index (χ3v) is 4.26. The van der Waals surface area contributed by atoms with E-state index in [0.29, 0.717) is 23.4 Å². The maximum absolute atomic E-state index is 12.6. The van der Waals surface area contributed by atoms with Crippen molar-refractivity contribution in [3.8, 4) is 5.75 Å². The van der Waals surface area contributed by atoms with E-state index in [9.17, 15) is 4.79 Å².